The summed E-state index contributed by atoms with van der Waals surface area (Å²) in [5.41, 5.74) is -0.278. The zero-order valence-corrected chi connectivity index (χ0v) is 30.3. The Morgan fingerprint density at radius 1 is 0.761 bits per heavy atom. The maximum atomic E-state index is 12.8. The molecule has 0 bridgehead atoms. The number of ether oxygens (including phenoxy) is 1. The molecule has 12 nitrogen and oxygen atoms in total. The summed E-state index contributed by atoms with van der Waals surface area (Å²) in [6.45, 7) is 2.03. The molecule has 0 aliphatic heterocycles. The van der Waals surface area contributed by atoms with Crippen molar-refractivity contribution in [1.82, 2.24) is 0 Å². The molecule has 0 saturated carbocycles. The Balaban J connectivity index is 2.40. The molecule has 1 aromatic carbocycles. The molecular formula is C32H59N2O10PS. The number of unbranched alkanes of at least 4 members (excludes halogenated alkanes) is 15. The quantitative estimate of drug-likeness (QED) is 0.0202. The third-order valence-electron chi connectivity index (χ3n) is 7.47. The van der Waals surface area contributed by atoms with E-state index in [1.807, 2.05) is 21.1 Å². The largest absolute Gasteiger partial charge is 0.756 e. The van der Waals surface area contributed by atoms with Gasteiger partial charge in [-0.1, -0.05) is 103 Å². The van der Waals surface area contributed by atoms with E-state index in [4.69, 9.17) is 18.0 Å². The second-order valence-electron chi connectivity index (χ2n) is 12.9. The highest BCUT2D eigenvalue weighted by molar-refractivity contribution is 7.86. The van der Waals surface area contributed by atoms with Gasteiger partial charge in [-0.15, -0.1) is 0 Å². The molecule has 0 N–H and O–H groups in total. The van der Waals surface area contributed by atoms with Gasteiger partial charge in [-0.05, 0) is 18.6 Å². The van der Waals surface area contributed by atoms with E-state index in [0.29, 0.717) is 17.6 Å². The van der Waals surface area contributed by atoms with Crippen LogP contribution >= 0.6 is 7.82 Å². The molecule has 46 heavy (non-hydrogen) atoms. The summed E-state index contributed by atoms with van der Waals surface area (Å²) in [7, 11) is -3.49. The van der Waals surface area contributed by atoms with Gasteiger partial charge in [0, 0.05) is 18.7 Å². The first-order valence-electron chi connectivity index (χ1n) is 16.9. The second kappa shape index (κ2) is 23.8. The summed E-state index contributed by atoms with van der Waals surface area (Å²) >= 11 is 0. The molecule has 0 amide bonds. The Morgan fingerprint density at radius 2 is 1.24 bits per heavy atom. The number of phosphoric ester groups is 1. The fourth-order valence-electron chi connectivity index (χ4n) is 4.68. The zero-order chi connectivity index (χ0) is 34.3. The second-order valence-corrected chi connectivity index (χ2v) is 15.9. The molecule has 0 fully saturated rings. The Kier molecular flexibility index (Phi) is 22.0. The number of phosphoric acid groups is 1. The van der Waals surface area contributed by atoms with Gasteiger partial charge >= 0.3 is 0 Å². The predicted molar refractivity (Wildman–Crippen MR) is 178 cm³/mol. The van der Waals surface area contributed by atoms with Gasteiger partial charge in [0.2, 0.25) is 0 Å². The number of nitrogens with zero attached hydrogens (tertiary/aromatic N) is 2. The molecule has 0 aromatic heterocycles. The summed E-state index contributed by atoms with van der Waals surface area (Å²) in [4.78, 5) is 22.2. The van der Waals surface area contributed by atoms with Crippen LogP contribution in [-0.4, -0.2) is 78.0 Å². The first-order chi connectivity index (χ1) is 21.8. The fraction of sp³-hybridized carbons (Fsp3) is 0.812. The van der Waals surface area contributed by atoms with E-state index in [1.54, 1.807) is 0 Å². The molecule has 0 saturated heterocycles. The van der Waals surface area contributed by atoms with Crippen LogP contribution in [0, 0.1) is 10.1 Å². The first-order valence-corrected chi connectivity index (χ1v) is 19.8. The summed E-state index contributed by atoms with van der Waals surface area (Å²) in [5.74, 6) is 0. The van der Waals surface area contributed by atoms with E-state index >= 15 is 0 Å². The van der Waals surface area contributed by atoms with Crippen molar-refractivity contribution in [1.29, 1.82) is 0 Å². The van der Waals surface area contributed by atoms with Crippen molar-refractivity contribution in [3.63, 3.8) is 0 Å². The van der Waals surface area contributed by atoms with Crippen molar-refractivity contribution in [3.8, 4) is 0 Å². The Morgan fingerprint density at radius 3 is 1.70 bits per heavy atom. The number of benzene rings is 1. The van der Waals surface area contributed by atoms with E-state index in [-0.39, 0.29) is 23.8 Å². The van der Waals surface area contributed by atoms with Crippen LogP contribution < -0.4 is 4.89 Å². The minimum absolute atomic E-state index is 0.105. The van der Waals surface area contributed by atoms with Gasteiger partial charge in [-0.3, -0.25) is 18.9 Å². The van der Waals surface area contributed by atoms with Crippen molar-refractivity contribution in [2.45, 2.75) is 121 Å². The van der Waals surface area contributed by atoms with E-state index in [1.165, 1.54) is 77.0 Å². The molecule has 1 aromatic rings. The maximum absolute atomic E-state index is 12.8. The van der Waals surface area contributed by atoms with Crippen molar-refractivity contribution in [2.75, 3.05) is 54.1 Å². The monoisotopic (exact) mass is 694 g/mol. The molecule has 2 atom stereocenters. The Labute approximate surface area is 277 Å². The van der Waals surface area contributed by atoms with Gasteiger partial charge in [0.15, 0.2) is 0 Å². The van der Waals surface area contributed by atoms with Crippen molar-refractivity contribution in [3.05, 3.63) is 34.4 Å². The standard InChI is InChI=1S/C32H59N2O10PS/c1-5-6-7-8-9-10-11-12-13-14-15-16-17-18-19-20-26-41-28-31(29-43-45(37,38)42-27-25-34(2,3)4)44-46(39,40)32-23-21-30(22-24-32)33(35)36/h21-24,31H,5-20,25-29H2,1-4H3. The third-order valence-corrected chi connectivity index (χ3v) is 9.81. The first kappa shape index (κ1) is 42.6. The lowest BCUT2D eigenvalue weighted by atomic mass is 10.0. The molecule has 0 spiro atoms. The molecule has 0 aliphatic rings. The van der Waals surface area contributed by atoms with E-state index in [9.17, 15) is 28.0 Å². The smallest absolute Gasteiger partial charge is 0.297 e. The van der Waals surface area contributed by atoms with Crippen LogP contribution in [0.5, 0.6) is 0 Å². The fourth-order valence-corrected chi connectivity index (χ4v) is 6.46. The molecule has 268 valence electrons. The van der Waals surface area contributed by atoms with Gasteiger partial charge in [-0.25, -0.2) is 0 Å². The number of quaternary nitrogens is 1. The van der Waals surface area contributed by atoms with Gasteiger partial charge in [0.25, 0.3) is 23.6 Å². The van der Waals surface area contributed by atoms with Crippen LogP contribution in [0.3, 0.4) is 0 Å². The minimum atomic E-state index is -4.73. The lowest BCUT2D eigenvalue weighted by Gasteiger charge is -2.28. The van der Waals surface area contributed by atoms with Gasteiger partial charge < -0.3 is 23.2 Å². The van der Waals surface area contributed by atoms with Crippen molar-refractivity contribution in [2.24, 2.45) is 0 Å². The van der Waals surface area contributed by atoms with Gasteiger partial charge in [-0.2, -0.15) is 8.42 Å². The molecule has 1 rings (SSSR count). The summed E-state index contributed by atoms with van der Waals surface area (Å²) in [6.07, 6.45) is 18.7. The Hall–Kier alpha value is -1.44. The van der Waals surface area contributed by atoms with Crippen LogP contribution in [-0.2, 0) is 32.7 Å². The normalized spacial score (nSPS) is 14.3. The van der Waals surface area contributed by atoms with Crippen molar-refractivity contribution < 1.29 is 45.3 Å². The SMILES string of the molecule is CCCCCCCCCCCCCCCCCCOCC(COP(=O)([O-])OCC[N+](C)(C)C)OS(=O)(=O)c1ccc([N+](=O)[O-])cc1. The lowest BCUT2D eigenvalue weighted by molar-refractivity contribution is -0.870. The Bertz CT molecular complexity index is 1100. The van der Waals surface area contributed by atoms with Gasteiger partial charge in [0.1, 0.15) is 19.3 Å². The van der Waals surface area contributed by atoms with Crippen molar-refractivity contribution >= 4 is 23.6 Å². The van der Waals surface area contributed by atoms with E-state index in [0.717, 1.165) is 49.9 Å². The van der Waals surface area contributed by atoms with Crippen LogP contribution in [0.15, 0.2) is 29.2 Å². The lowest BCUT2D eigenvalue weighted by Crippen LogP contribution is -2.37. The number of nitro benzene ring substituents is 1. The molecule has 0 radical (unpaired) electrons. The van der Waals surface area contributed by atoms with Crippen LogP contribution in [0.25, 0.3) is 0 Å². The number of non-ortho nitro benzene ring substituents is 1. The topological polar surface area (TPSA) is 154 Å². The predicted octanol–water partition coefficient (Wildman–Crippen LogP) is 7.15. The molecule has 14 heteroatoms. The van der Waals surface area contributed by atoms with E-state index in [2.05, 4.69) is 6.92 Å². The molecule has 2 unspecified atom stereocenters. The minimum Gasteiger partial charge on any atom is -0.756 e. The van der Waals surface area contributed by atoms with Crippen LogP contribution in [0.4, 0.5) is 5.69 Å². The van der Waals surface area contributed by atoms with Crippen LogP contribution in [0.2, 0.25) is 0 Å². The maximum Gasteiger partial charge on any atom is 0.297 e. The highest BCUT2D eigenvalue weighted by Gasteiger charge is 2.25. The highest BCUT2D eigenvalue weighted by Crippen LogP contribution is 2.38. The summed E-state index contributed by atoms with van der Waals surface area (Å²) in [6, 6.07) is 4.19. The molecule has 0 heterocycles. The average Bonchev–Trinajstić information content (AvgIpc) is 2.98. The third kappa shape index (κ3) is 22.2. The number of likely N-dealkylation sites (N-methyl/N-ethyl adjacent to an activating group) is 1. The van der Waals surface area contributed by atoms with Crippen LogP contribution in [0.1, 0.15) is 110 Å². The number of nitro groups is 1. The van der Waals surface area contributed by atoms with E-state index < -0.39 is 35.6 Å². The average molecular weight is 695 g/mol. The number of hydrogen-bond acceptors (Lipinski definition) is 10. The van der Waals surface area contributed by atoms with Gasteiger partial charge in [0.05, 0.1) is 44.2 Å². The number of hydrogen-bond donors (Lipinski definition) is 0. The zero-order valence-electron chi connectivity index (χ0n) is 28.6. The molecular weight excluding hydrogens is 635 g/mol. The number of rotatable bonds is 30. The highest BCUT2D eigenvalue weighted by atomic mass is 32.2. The molecule has 0 aliphatic carbocycles. The summed E-state index contributed by atoms with van der Waals surface area (Å²) < 4.78 is 59.2. The summed E-state index contributed by atoms with van der Waals surface area (Å²) in [5, 5.41) is 10.9.